The number of carbonyl (C=O) groups excluding carboxylic acids is 1. The van der Waals surface area contributed by atoms with Gasteiger partial charge in [-0.05, 0) is 49.9 Å². The molecule has 1 aliphatic heterocycles. The van der Waals surface area contributed by atoms with Crippen LogP contribution in [0.5, 0.6) is 5.75 Å². The number of amides is 1. The van der Waals surface area contributed by atoms with E-state index in [0.717, 1.165) is 6.42 Å². The van der Waals surface area contributed by atoms with Crippen LogP contribution in [0.1, 0.15) is 41.0 Å². The molecule has 158 valence electrons. The second kappa shape index (κ2) is 8.80. The summed E-state index contributed by atoms with van der Waals surface area (Å²) in [5.74, 6) is 0.240. The summed E-state index contributed by atoms with van der Waals surface area (Å²) in [6.07, 6.45) is 0.833. The van der Waals surface area contributed by atoms with Gasteiger partial charge in [0, 0.05) is 18.6 Å². The molecule has 1 aromatic carbocycles. The zero-order valence-electron chi connectivity index (χ0n) is 17.4. The average Bonchev–Trinajstić information content (AvgIpc) is 2.58. The van der Waals surface area contributed by atoms with Crippen LogP contribution in [-0.2, 0) is 19.6 Å². The summed E-state index contributed by atoms with van der Waals surface area (Å²) in [4.78, 5) is 12.4. The Morgan fingerprint density at radius 3 is 2.21 bits per heavy atom. The quantitative estimate of drug-likeness (QED) is 0.743. The van der Waals surface area contributed by atoms with E-state index in [0.29, 0.717) is 32.1 Å². The van der Waals surface area contributed by atoms with Crippen molar-refractivity contribution in [2.45, 2.75) is 51.5 Å². The highest BCUT2D eigenvalue weighted by Crippen LogP contribution is 2.26. The van der Waals surface area contributed by atoms with Crippen LogP contribution < -0.4 is 10.1 Å². The minimum Gasteiger partial charge on any atom is -0.484 e. The molecule has 1 N–H and O–H groups in total. The molecule has 1 heterocycles. The highest BCUT2D eigenvalue weighted by Gasteiger charge is 2.28. The summed E-state index contributed by atoms with van der Waals surface area (Å²) in [7, 11) is -3.53. The minimum absolute atomic E-state index is 0.0967. The van der Waals surface area contributed by atoms with Gasteiger partial charge in [-0.25, -0.2) is 8.42 Å². The smallest absolute Gasteiger partial charge is 0.258 e. The SMILES string of the molecule is CC(C)(C)CC(C)(C)NC(=O)COc1ccc(S(=O)(=O)N2CCOCC2)cc1. The monoisotopic (exact) mass is 412 g/mol. The minimum atomic E-state index is -3.53. The fourth-order valence-corrected chi connectivity index (χ4v) is 4.98. The standard InChI is InChI=1S/C20H32N2O5S/c1-19(2,3)15-20(4,5)21-18(23)14-27-16-6-8-17(9-7-16)28(24,25)22-10-12-26-13-11-22/h6-9H,10-15H2,1-5H3,(H,21,23). The van der Waals surface area contributed by atoms with Crippen molar-refractivity contribution in [2.24, 2.45) is 5.41 Å². The van der Waals surface area contributed by atoms with Crippen molar-refractivity contribution in [3.05, 3.63) is 24.3 Å². The molecule has 1 fully saturated rings. The van der Waals surface area contributed by atoms with E-state index in [9.17, 15) is 13.2 Å². The first-order valence-electron chi connectivity index (χ1n) is 9.51. The van der Waals surface area contributed by atoms with Crippen molar-refractivity contribution in [3.63, 3.8) is 0 Å². The number of benzene rings is 1. The second-order valence-electron chi connectivity index (χ2n) is 8.95. The molecule has 8 heteroatoms. The molecule has 1 aliphatic rings. The molecule has 7 nitrogen and oxygen atoms in total. The molecule has 0 bridgehead atoms. The normalized spacial score (nSPS) is 16.6. The van der Waals surface area contributed by atoms with E-state index in [4.69, 9.17) is 9.47 Å². The van der Waals surface area contributed by atoms with Gasteiger partial charge < -0.3 is 14.8 Å². The molecule has 0 unspecified atom stereocenters. The molecule has 28 heavy (non-hydrogen) atoms. The molecule has 1 aromatic rings. The molecular weight excluding hydrogens is 380 g/mol. The van der Waals surface area contributed by atoms with Gasteiger partial charge in [-0.2, -0.15) is 4.31 Å². The lowest BCUT2D eigenvalue weighted by molar-refractivity contribution is -0.125. The number of hydrogen-bond donors (Lipinski definition) is 1. The van der Waals surface area contributed by atoms with E-state index < -0.39 is 10.0 Å². The number of carbonyl (C=O) groups is 1. The van der Waals surface area contributed by atoms with Gasteiger partial charge in [0.05, 0.1) is 18.1 Å². The third kappa shape index (κ3) is 6.76. The number of morpholine rings is 1. The van der Waals surface area contributed by atoms with Gasteiger partial charge in [-0.1, -0.05) is 20.8 Å². The van der Waals surface area contributed by atoms with Gasteiger partial charge in [0.1, 0.15) is 5.75 Å². The van der Waals surface area contributed by atoms with Crippen molar-refractivity contribution in [3.8, 4) is 5.75 Å². The number of rotatable bonds is 7. The van der Waals surface area contributed by atoms with E-state index in [-0.39, 0.29) is 28.4 Å². The van der Waals surface area contributed by atoms with E-state index in [2.05, 4.69) is 26.1 Å². The topological polar surface area (TPSA) is 84.9 Å². The fraction of sp³-hybridized carbons (Fsp3) is 0.650. The van der Waals surface area contributed by atoms with Crippen LogP contribution in [0.25, 0.3) is 0 Å². The summed E-state index contributed by atoms with van der Waals surface area (Å²) in [6.45, 7) is 11.8. The fourth-order valence-electron chi connectivity index (χ4n) is 3.58. The summed E-state index contributed by atoms with van der Waals surface area (Å²) in [5, 5.41) is 2.98. The van der Waals surface area contributed by atoms with Crippen LogP contribution in [0.15, 0.2) is 29.2 Å². The molecule has 0 aliphatic carbocycles. The Morgan fingerprint density at radius 1 is 1.11 bits per heavy atom. The highest BCUT2D eigenvalue weighted by atomic mass is 32.2. The van der Waals surface area contributed by atoms with Gasteiger partial charge in [0.15, 0.2) is 6.61 Å². The summed E-state index contributed by atoms with van der Waals surface area (Å²) in [6, 6.07) is 6.14. The average molecular weight is 413 g/mol. The predicted octanol–water partition coefficient (Wildman–Crippen LogP) is 2.42. The van der Waals surface area contributed by atoms with Crippen LogP contribution in [0.2, 0.25) is 0 Å². The Bertz CT molecular complexity index is 761. The Labute approximate surface area is 168 Å². The molecule has 0 spiro atoms. The van der Waals surface area contributed by atoms with Crippen molar-refractivity contribution in [1.82, 2.24) is 9.62 Å². The molecule has 2 rings (SSSR count). The number of hydrogen-bond acceptors (Lipinski definition) is 5. The first-order chi connectivity index (χ1) is 12.9. The Kier molecular flexibility index (Phi) is 7.12. The van der Waals surface area contributed by atoms with Crippen LogP contribution >= 0.6 is 0 Å². The van der Waals surface area contributed by atoms with E-state index in [1.54, 1.807) is 12.1 Å². The summed E-state index contributed by atoms with van der Waals surface area (Å²) >= 11 is 0. The van der Waals surface area contributed by atoms with Crippen molar-refractivity contribution in [1.29, 1.82) is 0 Å². The predicted molar refractivity (Wildman–Crippen MR) is 108 cm³/mol. The molecule has 1 saturated heterocycles. The van der Waals surface area contributed by atoms with Crippen molar-refractivity contribution < 1.29 is 22.7 Å². The van der Waals surface area contributed by atoms with Gasteiger partial charge in [-0.3, -0.25) is 4.79 Å². The zero-order valence-corrected chi connectivity index (χ0v) is 18.3. The summed E-state index contributed by atoms with van der Waals surface area (Å²) < 4.78 is 37.3. The Morgan fingerprint density at radius 2 is 1.68 bits per heavy atom. The van der Waals surface area contributed by atoms with Gasteiger partial charge in [0.25, 0.3) is 5.91 Å². The number of ether oxygens (including phenoxy) is 2. The van der Waals surface area contributed by atoms with Crippen molar-refractivity contribution >= 4 is 15.9 Å². The number of sulfonamides is 1. The molecule has 0 atom stereocenters. The Balaban J connectivity index is 1.91. The third-order valence-corrected chi connectivity index (χ3v) is 6.16. The molecule has 1 amide bonds. The second-order valence-corrected chi connectivity index (χ2v) is 10.9. The van der Waals surface area contributed by atoms with Crippen LogP contribution in [-0.4, -0.2) is 57.1 Å². The van der Waals surface area contributed by atoms with E-state index in [1.807, 2.05) is 13.8 Å². The third-order valence-electron chi connectivity index (χ3n) is 4.25. The first-order valence-corrected chi connectivity index (χ1v) is 10.9. The maximum atomic E-state index is 12.6. The lowest BCUT2D eigenvalue weighted by atomic mass is 9.82. The maximum Gasteiger partial charge on any atom is 0.258 e. The van der Waals surface area contributed by atoms with Crippen LogP contribution in [0, 0.1) is 5.41 Å². The first kappa shape index (κ1) is 22.6. The summed E-state index contributed by atoms with van der Waals surface area (Å²) in [5.41, 5.74) is -0.242. The van der Waals surface area contributed by atoms with E-state index >= 15 is 0 Å². The molecule has 0 radical (unpaired) electrons. The molecule has 0 aromatic heterocycles. The van der Waals surface area contributed by atoms with Gasteiger partial charge >= 0.3 is 0 Å². The lowest BCUT2D eigenvalue weighted by Crippen LogP contribution is -2.47. The number of nitrogens with zero attached hydrogens (tertiary/aromatic N) is 1. The largest absolute Gasteiger partial charge is 0.484 e. The molecule has 0 saturated carbocycles. The van der Waals surface area contributed by atoms with Gasteiger partial charge in [-0.15, -0.1) is 0 Å². The lowest BCUT2D eigenvalue weighted by Gasteiger charge is -2.33. The highest BCUT2D eigenvalue weighted by molar-refractivity contribution is 7.89. The maximum absolute atomic E-state index is 12.6. The van der Waals surface area contributed by atoms with Crippen LogP contribution in [0.3, 0.4) is 0 Å². The van der Waals surface area contributed by atoms with Crippen LogP contribution in [0.4, 0.5) is 0 Å². The van der Waals surface area contributed by atoms with Crippen molar-refractivity contribution in [2.75, 3.05) is 32.9 Å². The number of nitrogens with one attached hydrogen (secondary N) is 1. The molecular formula is C20H32N2O5S. The zero-order chi connectivity index (χ0) is 21.0. The Hall–Kier alpha value is -1.64. The van der Waals surface area contributed by atoms with Gasteiger partial charge in [0.2, 0.25) is 10.0 Å². The van der Waals surface area contributed by atoms with E-state index in [1.165, 1.54) is 16.4 Å².